The number of hydrogen-bond acceptors (Lipinski definition) is 5. The summed E-state index contributed by atoms with van der Waals surface area (Å²) < 4.78 is 26.3. The van der Waals surface area contributed by atoms with Gasteiger partial charge < -0.3 is 4.90 Å². The summed E-state index contributed by atoms with van der Waals surface area (Å²) in [6.07, 6.45) is 6.33. The Morgan fingerprint density at radius 3 is 2.48 bits per heavy atom. The first kappa shape index (κ1) is 19.3. The average molecular weight is 412 g/mol. The minimum absolute atomic E-state index is 0.142. The zero-order chi connectivity index (χ0) is 19.2. The molecule has 0 bridgehead atoms. The molecule has 1 aromatic heterocycles. The monoisotopic (exact) mass is 411 g/mol. The maximum atomic E-state index is 13.3. The summed E-state index contributed by atoms with van der Waals surface area (Å²) in [5.41, 5.74) is 2.70. The maximum Gasteiger partial charge on any atom is 0.232 e. The van der Waals surface area contributed by atoms with Crippen LogP contribution in [0.15, 0.2) is 5.51 Å². The lowest BCUT2D eigenvalue weighted by atomic mass is 9.67. The second-order valence-electron chi connectivity index (χ2n) is 8.23. The maximum absolute atomic E-state index is 13.3. The number of nitrogens with zero attached hydrogens (tertiary/aromatic N) is 3. The highest BCUT2D eigenvalue weighted by molar-refractivity contribution is 7.89. The molecule has 4 rings (SSSR count). The first-order valence-electron chi connectivity index (χ1n) is 10.1. The highest BCUT2D eigenvalue weighted by Crippen LogP contribution is 2.61. The zero-order valence-corrected chi connectivity index (χ0v) is 17.8. The van der Waals surface area contributed by atoms with E-state index in [1.54, 1.807) is 15.6 Å². The van der Waals surface area contributed by atoms with E-state index in [0.717, 1.165) is 44.2 Å². The van der Waals surface area contributed by atoms with Crippen molar-refractivity contribution in [1.29, 1.82) is 0 Å². The molecule has 150 valence electrons. The molecule has 1 unspecified atom stereocenters. The summed E-state index contributed by atoms with van der Waals surface area (Å²) in [6.45, 7) is 4.98. The van der Waals surface area contributed by atoms with Crippen molar-refractivity contribution in [3.05, 3.63) is 16.1 Å². The Kier molecular flexibility index (Phi) is 5.10. The number of rotatable bonds is 5. The van der Waals surface area contributed by atoms with Gasteiger partial charge in [0.05, 0.1) is 33.3 Å². The zero-order valence-electron chi connectivity index (χ0n) is 16.2. The summed E-state index contributed by atoms with van der Waals surface area (Å²) in [5.74, 6) is 0.513. The van der Waals surface area contributed by atoms with Gasteiger partial charge in [-0.1, -0.05) is 19.8 Å². The van der Waals surface area contributed by atoms with E-state index in [1.807, 2.05) is 19.4 Å². The number of β-lactam (4-membered cyclic amide) rings is 1. The third kappa shape index (κ3) is 3.04. The van der Waals surface area contributed by atoms with Crippen molar-refractivity contribution in [2.45, 2.75) is 70.9 Å². The Bertz CT molecular complexity index is 806. The fourth-order valence-corrected chi connectivity index (χ4v) is 7.85. The second kappa shape index (κ2) is 7.12. The number of carbonyl (C=O) groups is 1. The molecule has 3 fully saturated rings. The molecule has 2 aliphatic heterocycles. The minimum atomic E-state index is -3.15. The van der Waals surface area contributed by atoms with Crippen molar-refractivity contribution in [3.63, 3.8) is 0 Å². The molecule has 8 heteroatoms. The topological polar surface area (TPSA) is 70.6 Å². The van der Waals surface area contributed by atoms with Gasteiger partial charge in [-0.05, 0) is 39.0 Å². The van der Waals surface area contributed by atoms with Gasteiger partial charge in [-0.3, -0.25) is 4.79 Å². The van der Waals surface area contributed by atoms with Gasteiger partial charge >= 0.3 is 0 Å². The fraction of sp³-hybridized carbons (Fsp3) is 0.789. The van der Waals surface area contributed by atoms with Gasteiger partial charge in [-0.25, -0.2) is 17.7 Å². The Balaban J connectivity index is 1.53. The average Bonchev–Trinajstić information content (AvgIpc) is 3.30. The number of carbonyl (C=O) groups excluding carboxylic acids is 1. The van der Waals surface area contributed by atoms with Crippen molar-refractivity contribution < 1.29 is 13.2 Å². The molecule has 0 N–H and O–H groups in total. The number of sulfonamides is 1. The molecule has 3 heterocycles. The lowest BCUT2D eigenvalue weighted by molar-refractivity contribution is -0.180. The first-order chi connectivity index (χ1) is 12.9. The minimum Gasteiger partial charge on any atom is -0.330 e. The van der Waals surface area contributed by atoms with Crippen molar-refractivity contribution in [2.24, 2.45) is 5.41 Å². The number of amides is 1. The highest BCUT2D eigenvalue weighted by atomic mass is 32.2. The Morgan fingerprint density at radius 2 is 1.93 bits per heavy atom. The number of hydrogen-bond donors (Lipinski definition) is 0. The molecule has 1 amide bonds. The van der Waals surface area contributed by atoms with E-state index in [-0.39, 0.29) is 23.3 Å². The fourth-order valence-electron chi connectivity index (χ4n) is 5.30. The normalized spacial score (nSPS) is 26.7. The van der Waals surface area contributed by atoms with Crippen LogP contribution in [0.3, 0.4) is 0 Å². The number of aryl methyl sites for hydroxylation is 1. The number of aromatic nitrogens is 1. The molecule has 1 saturated carbocycles. The van der Waals surface area contributed by atoms with E-state index < -0.39 is 10.0 Å². The standard InChI is InChI=1S/C19H29N3O3S2/c1-3-12-27(24,25)21-10-6-15(7-11-21)22-17(16-14(2)20-13-26-16)19(18(22)23)8-4-5-9-19/h13,15,17H,3-12H2,1-2H3. The first-order valence-corrected chi connectivity index (χ1v) is 12.6. The van der Waals surface area contributed by atoms with Crippen molar-refractivity contribution in [3.8, 4) is 0 Å². The van der Waals surface area contributed by atoms with Crippen LogP contribution in [-0.2, 0) is 14.8 Å². The van der Waals surface area contributed by atoms with Crippen LogP contribution in [0.1, 0.15) is 68.5 Å². The summed E-state index contributed by atoms with van der Waals surface area (Å²) >= 11 is 1.66. The van der Waals surface area contributed by atoms with Gasteiger partial charge in [0.2, 0.25) is 15.9 Å². The van der Waals surface area contributed by atoms with E-state index >= 15 is 0 Å². The molecule has 3 aliphatic rings. The summed E-state index contributed by atoms with van der Waals surface area (Å²) in [7, 11) is -3.15. The number of thiazole rings is 1. The quantitative estimate of drug-likeness (QED) is 0.698. The van der Waals surface area contributed by atoms with Gasteiger partial charge in [0.15, 0.2) is 0 Å². The van der Waals surface area contributed by atoms with Gasteiger partial charge in [0, 0.05) is 19.1 Å². The second-order valence-corrected chi connectivity index (χ2v) is 11.2. The van der Waals surface area contributed by atoms with Crippen LogP contribution >= 0.6 is 11.3 Å². The molecule has 0 aromatic carbocycles. The molecule has 6 nitrogen and oxygen atoms in total. The Hall–Kier alpha value is -0.990. The molecular weight excluding hydrogens is 382 g/mol. The molecule has 1 atom stereocenters. The van der Waals surface area contributed by atoms with E-state index in [0.29, 0.717) is 25.4 Å². The SMILES string of the molecule is CCCS(=O)(=O)N1CCC(N2C(=O)C3(CCCC3)C2c2scnc2C)CC1. The Labute approximate surface area is 166 Å². The molecule has 0 radical (unpaired) electrons. The molecule has 2 saturated heterocycles. The van der Waals surface area contributed by atoms with Gasteiger partial charge in [0.25, 0.3) is 0 Å². The van der Waals surface area contributed by atoms with E-state index in [1.165, 1.54) is 4.88 Å². The van der Waals surface area contributed by atoms with Gasteiger partial charge in [-0.2, -0.15) is 0 Å². The van der Waals surface area contributed by atoms with Crippen LogP contribution in [-0.4, -0.2) is 53.4 Å². The summed E-state index contributed by atoms with van der Waals surface area (Å²) in [4.78, 5) is 21.0. The molecule has 1 spiro atoms. The highest BCUT2D eigenvalue weighted by Gasteiger charge is 2.64. The van der Waals surface area contributed by atoms with Gasteiger partial charge in [0.1, 0.15) is 0 Å². The molecule has 27 heavy (non-hydrogen) atoms. The van der Waals surface area contributed by atoms with Crippen molar-refractivity contribution in [1.82, 2.24) is 14.2 Å². The van der Waals surface area contributed by atoms with Crippen molar-refractivity contribution >= 4 is 27.3 Å². The Morgan fingerprint density at radius 1 is 1.26 bits per heavy atom. The van der Waals surface area contributed by atoms with Crippen LogP contribution < -0.4 is 0 Å². The van der Waals surface area contributed by atoms with E-state index in [2.05, 4.69) is 9.88 Å². The predicted molar refractivity (Wildman–Crippen MR) is 106 cm³/mol. The number of piperidine rings is 1. The van der Waals surface area contributed by atoms with Crippen LogP contribution in [0.2, 0.25) is 0 Å². The molecule has 1 aromatic rings. The van der Waals surface area contributed by atoms with Crippen LogP contribution in [0, 0.1) is 12.3 Å². The predicted octanol–water partition coefficient (Wildman–Crippen LogP) is 3.10. The smallest absolute Gasteiger partial charge is 0.232 e. The summed E-state index contributed by atoms with van der Waals surface area (Å²) in [6, 6.07) is 0.284. The van der Waals surface area contributed by atoms with E-state index in [9.17, 15) is 13.2 Å². The van der Waals surface area contributed by atoms with Crippen molar-refractivity contribution in [2.75, 3.05) is 18.8 Å². The van der Waals surface area contributed by atoms with E-state index in [4.69, 9.17) is 0 Å². The van der Waals surface area contributed by atoms with Gasteiger partial charge in [-0.15, -0.1) is 11.3 Å². The van der Waals surface area contributed by atoms with Crippen LogP contribution in [0.25, 0.3) is 0 Å². The molecule has 1 aliphatic carbocycles. The third-order valence-electron chi connectivity index (χ3n) is 6.66. The number of likely N-dealkylation sites (tertiary alicyclic amines) is 1. The van der Waals surface area contributed by atoms with Crippen LogP contribution in [0.5, 0.6) is 0 Å². The summed E-state index contributed by atoms with van der Waals surface area (Å²) in [5, 5.41) is 0. The molecular formula is C19H29N3O3S2. The third-order valence-corrected chi connectivity index (χ3v) is 9.72. The lowest BCUT2D eigenvalue weighted by Crippen LogP contribution is -2.66. The largest absolute Gasteiger partial charge is 0.330 e. The lowest BCUT2D eigenvalue weighted by Gasteiger charge is -2.58. The van der Waals surface area contributed by atoms with Crippen LogP contribution in [0.4, 0.5) is 0 Å².